The van der Waals surface area contributed by atoms with Crippen molar-refractivity contribution in [2.75, 3.05) is 33.8 Å². The molecule has 21 heavy (non-hydrogen) atoms. The SMILES string of the molecule is CN(C)S(=O)(=O)c1cccc(CN2CCC(CCO)C2)c1. The number of nitrogens with zero attached hydrogens (tertiary/aromatic N) is 2. The molecular weight excluding hydrogens is 288 g/mol. The summed E-state index contributed by atoms with van der Waals surface area (Å²) in [4.78, 5) is 2.66. The predicted octanol–water partition coefficient (Wildman–Crippen LogP) is 1.14. The lowest BCUT2D eigenvalue weighted by Crippen LogP contribution is -2.23. The summed E-state index contributed by atoms with van der Waals surface area (Å²) >= 11 is 0. The smallest absolute Gasteiger partial charge is 0.242 e. The van der Waals surface area contributed by atoms with E-state index in [-0.39, 0.29) is 6.61 Å². The van der Waals surface area contributed by atoms with E-state index < -0.39 is 10.0 Å². The second kappa shape index (κ2) is 6.87. The maximum absolute atomic E-state index is 12.1. The van der Waals surface area contributed by atoms with Crippen LogP contribution in [-0.2, 0) is 16.6 Å². The van der Waals surface area contributed by atoms with Gasteiger partial charge in [0.05, 0.1) is 4.90 Å². The quantitative estimate of drug-likeness (QED) is 0.856. The number of hydrogen-bond donors (Lipinski definition) is 1. The van der Waals surface area contributed by atoms with Crippen LogP contribution in [0.1, 0.15) is 18.4 Å². The molecule has 0 aliphatic carbocycles. The highest BCUT2D eigenvalue weighted by molar-refractivity contribution is 7.89. The zero-order valence-electron chi connectivity index (χ0n) is 12.7. The monoisotopic (exact) mass is 312 g/mol. The Morgan fingerprint density at radius 3 is 2.81 bits per heavy atom. The predicted molar refractivity (Wildman–Crippen MR) is 82.4 cm³/mol. The summed E-state index contributed by atoms with van der Waals surface area (Å²) < 4.78 is 25.5. The van der Waals surface area contributed by atoms with Crippen molar-refractivity contribution in [2.45, 2.75) is 24.3 Å². The minimum absolute atomic E-state index is 0.245. The molecule has 1 N–H and O–H groups in total. The van der Waals surface area contributed by atoms with Crippen LogP contribution >= 0.6 is 0 Å². The third-order valence-corrected chi connectivity index (χ3v) is 5.80. The molecule has 0 radical (unpaired) electrons. The second-order valence-corrected chi connectivity index (χ2v) is 7.99. The molecule has 0 saturated carbocycles. The lowest BCUT2D eigenvalue weighted by Gasteiger charge is -2.17. The molecule has 0 spiro atoms. The van der Waals surface area contributed by atoms with Gasteiger partial charge in [-0.15, -0.1) is 0 Å². The first-order chi connectivity index (χ1) is 9.93. The summed E-state index contributed by atoms with van der Waals surface area (Å²) in [6.45, 7) is 2.99. The molecule has 1 aliphatic rings. The minimum atomic E-state index is -3.37. The van der Waals surface area contributed by atoms with Gasteiger partial charge in [0.25, 0.3) is 0 Å². The molecule has 6 heteroatoms. The van der Waals surface area contributed by atoms with Gasteiger partial charge in [0, 0.05) is 33.8 Å². The van der Waals surface area contributed by atoms with Crippen LogP contribution in [0.4, 0.5) is 0 Å². The Bertz CT molecular complexity index is 572. The Morgan fingerprint density at radius 2 is 2.14 bits per heavy atom. The van der Waals surface area contributed by atoms with Crippen molar-refractivity contribution in [3.8, 4) is 0 Å². The maximum atomic E-state index is 12.1. The number of aliphatic hydroxyl groups excluding tert-OH is 1. The Morgan fingerprint density at radius 1 is 1.38 bits per heavy atom. The molecule has 1 atom stereocenters. The molecular formula is C15H24N2O3S. The van der Waals surface area contributed by atoms with Crippen LogP contribution in [0.15, 0.2) is 29.2 Å². The fraction of sp³-hybridized carbons (Fsp3) is 0.600. The van der Waals surface area contributed by atoms with E-state index in [1.54, 1.807) is 32.3 Å². The van der Waals surface area contributed by atoms with Crippen LogP contribution in [0.2, 0.25) is 0 Å². The number of likely N-dealkylation sites (tertiary alicyclic amines) is 1. The molecule has 1 aromatic rings. The van der Waals surface area contributed by atoms with Crippen LogP contribution in [0, 0.1) is 5.92 Å². The number of aliphatic hydroxyl groups is 1. The molecule has 1 saturated heterocycles. The van der Waals surface area contributed by atoms with Gasteiger partial charge in [-0.25, -0.2) is 12.7 Å². The van der Waals surface area contributed by atoms with Gasteiger partial charge in [-0.2, -0.15) is 0 Å². The molecule has 0 bridgehead atoms. The topological polar surface area (TPSA) is 60.9 Å². The van der Waals surface area contributed by atoms with E-state index in [0.29, 0.717) is 10.8 Å². The Hall–Kier alpha value is -0.950. The molecule has 5 nitrogen and oxygen atoms in total. The molecule has 2 rings (SSSR count). The van der Waals surface area contributed by atoms with Crippen LogP contribution in [0.5, 0.6) is 0 Å². The van der Waals surface area contributed by atoms with Gasteiger partial charge in [0.2, 0.25) is 10.0 Å². The third-order valence-electron chi connectivity index (χ3n) is 3.99. The van der Waals surface area contributed by atoms with E-state index in [1.165, 1.54) is 4.31 Å². The number of benzene rings is 1. The van der Waals surface area contributed by atoms with Crippen molar-refractivity contribution in [1.29, 1.82) is 0 Å². The van der Waals surface area contributed by atoms with E-state index in [4.69, 9.17) is 5.11 Å². The van der Waals surface area contributed by atoms with Gasteiger partial charge in [0.1, 0.15) is 0 Å². The van der Waals surface area contributed by atoms with Crippen LogP contribution < -0.4 is 0 Å². The van der Waals surface area contributed by atoms with Crippen LogP contribution in [-0.4, -0.2) is 56.5 Å². The van der Waals surface area contributed by atoms with Crippen molar-refractivity contribution in [3.63, 3.8) is 0 Å². The number of rotatable bonds is 6. The fourth-order valence-corrected chi connectivity index (χ4v) is 3.72. The molecule has 118 valence electrons. The molecule has 1 heterocycles. The van der Waals surface area contributed by atoms with E-state index >= 15 is 0 Å². The van der Waals surface area contributed by atoms with Gasteiger partial charge in [-0.05, 0) is 43.0 Å². The van der Waals surface area contributed by atoms with E-state index in [1.807, 2.05) is 6.07 Å². The Kier molecular flexibility index (Phi) is 5.37. The zero-order valence-corrected chi connectivity index (χ0v) is 13.5. The molecule has 1 aliphatic heterocycles. The molecule has 0 amide bonds. The van der Waals surface area contributed by atoms with Crippen molar-refractivity contribution < 1.29 is 13.5 Å². The fourth-order valence-electron chi connectivity index (χ4n) is 2.75. The summed E-state index contributed by atoms with van der Waals surface area (Å²) in [7, 11) is -0.283. The first-order valence-corrected chi connectivity index (χ1v) is 8.72. The lowest BCUT2D eigenvalue weighted by molar-refractivity contribution is 0.249. The minimum Gasteiger partial charge on any atom is -0.396 e. The summed E-state index contributed by atoms with van der Waals surface area (Å²) in [5, 5.41) is 8.99. The van der Waals surface area contributed by atoms with Gasteiger partial charge in [-0.1, -0.05) is 12.1 Å². The van der Waals surface area contributed by atoms with Crippen molar-refractivity contribution in [2.24, 2.45) is 5.92 Å². The summed E-state index contributed by atoms with van der Waals surface area (Å²) in [6.07, 6.45) is 1.96. The average Bonchev–Trinajstić information content (AvgIpc) is 2.86. The van der Waals surface area contributed by atoms with Gasteiger partial charge >= 0.3 is 0 Å². The standard InChI is InChI=1S/C15H24N2O3S/c1-16(2)21(19,20)15-5-3-4-14(10-15)12-17-8-6-13(11-17)7-9-18/h3-5,10,13,18H,6-9,11-12H2,1-2H3. The summed E-state index contributed by atoms with van der Waals surface area (Å²) in [6, 6.07) is 7.16. The zero-order chi connectivity index (χ0) is 15.5. The molecule has 0 aromatic heterocycles. The first-order valence-electron chi connectivity index (χ1n) is 7.28. The van der Waals surface area contributed by atoms with Crippen molar-refractivity contribution in [3.05, 3.63) is 29.8 Å². The van der Waals surface area contributed by atoms with Gasteiger partial charge in [0.15, 0.2) is 0 Å². The average molecular weight is 312 g/mol. The van der Waals surface area contributed by atoms with E-state index in [2.05, 4.69) is 4.90 Å². The van der Waals surface area contributed by atoms with Crippen molar-refractivity contribution in [1.82, 2.24) is 9.21 Å². The first kappa shape index (κ1) is 16.4. The highest BCUT2D eigenvalue weighted by atomic mass is 32.2. The molecule has 1 fully saturated rings. The normalized spacial score (nSPS) is 20.3. The Labute approximate surface area is 127 Å². The number of sulfonamides is 1. The largest absolute Gasteiger partial charge is 0.396 e. The lowest BCUT2D eigenvalue weighted by atomic mass is 10.1. The molecule has 1 aromatic carbocycles. The van der Waals surface area contributed by atoms with Crippen LogP contribution in [0.25, 0.3) is 0 Å². The van der Waals surface area contributed by atoms with E-state index in [9.17, 15) is 8.42 Å². The third kappa shape index (κ3) is 4.03. The summed E-state index contributed by atoms with van der Waals surface area (Å²) in [5.41, 5.74) is 1.02. The van der Waals surface area contributed by atoms with E-state index in [0.717, 1.165) is 38.0 Å². The van der Waals surface area contributed by atoms with Crippen molar-refractivity contribution >= 4 is 10.0 Å². The maximum Gasteiger partial charge on any atom is 0.242 e. The highest BCUT2D eigenvalue weighted by Gasteiger charge is 2.22. The second-order valence-electron chi connectivity index (χ2n) is 5.84. The summed E-state index contributed by atoms with van der Waals surface area (Å²) in [5.74, 6) is 0.559. The highest BCUT2D eigenvalue weighted by Crippen LogP contribution is 2.22. The van der Waals surface area contributed by atoms with Gasteiger partial charge in [-0.3, -0.25) is 4.90 Å². The van der Waals surface area contributed by atoms with Crippen LogP contribution in [0.3, 0.4) is 0 Å². The molecule has 1 unspecified atom stereocenters. The number of hydrogen-bond acceptors (Lipinski definition) is 4. The Balaban J connectivity index is 2.06. The van der Waals surface area contributed by atoms with Gasteiger partial charge < -0.3 is 5.11 Å².